The van der Waals surface area contributed by atoms with Crippen LogP contribution >= 0.6 is 11.3 Å². The number of rotatable bonds is 10. The molecule has 206 valence electrons. The molecule has 2 amide bonds. The van der Waals surface area contributed by atoms with Gasteiger partial charge in [-0.1, -0.05) is 30.3 Å². The topological polar surface area (TPSA) is 97.8 Å². The summed E-state index contributed by atoms with van der Waals surface area (Å²) in [5, 5.41) is 5.41. The van der Waals surface area contributed by atoms with Gasteiger partial charge in [-0.25, -0.2) is 9.78 Å². The quantitative estimate of drug-likeness (QED) is 0.363. The molecule has 1 saturated heterocycles. The molecule has 4 rings (SSSR count). The number of likely N-dealkylation sites (tertiary alicyclic amines) is 1. The number of nitrogens with one attached hydrogen (secondary N) is 1. The minimum absolute atomic E-state index is 0.00664. The minimum Gasteiger partial charge on any atom is -0.491 e. The molecule has 1 atom stereocenters. The van der Waals surface area contributed by atoms with Gasteiger partial charge in [0.25, 0.3) is 11.8 Å². The molecule has 2 aromatic carbocycles. The Morgan fingerprint density at radius 2 is 1.74 bits per heavy atom. The third-order valence-corrected chi connectivity index (χ3v) is 7.53. The molecule has 0 saturated carbocycles. The highest BCUT2D eigenvalue weighted by atomic mass is 32.1. The molecule has 8 nitrogen and oxygen atoms in total. The molecule has 0 bridgehead atoms. The van der Waals surface area contributed by atoms with E-state index in [-0.39, 0.29) is 24.5 Å². The Bertz CT molecular complexity index is 1250. The molecular weight excluding hydrogens is 514 g/mol. The van der Waals surface area contributed by atoms with Crippen LogP contribution in [0.4, 0.5) is 0 Å². The number of carbonyl (C=O) groups is 3. The van der Waals surface area contributed by atoms with Crippen LogP contribution < -0.4 is 10.1 Å². The molecule has 39 heavy (non-hydrogen) atoms. The van der Waals surface area contributed by atoms with Gasteiger partial charge in [0.05, 0.1) is 17.7 Å². The predicted molar refractivity (Wildman–Crippen MR) is 150 cm³/mol. The number of nitrogens with zero attached hydrogens (tertiary/aromatic N) is 2. The zero-order valence-electron chi connectivity index (χ0n) is 22.6. The number of hydrogen-bond acceptors (Lipinski definition) is 7. The standard InChI is InChI=1S/C30H35N3O5S/c1-4-37-30(36)25(18-21-8-6-5-7-9-21)31-27(34)26-19-39-28(32-26)22-14-16-33(17-15-22)29(35)23-10-12-24(13-11-23)38-20(2)3/h5-13,19-20,22,25H,4,14-18H2,1-3H3,(H,31,34). The molecule has 9 heteroatoms. The Hall–Kier alpha value is -3.72. The summed E-state index contributed by atoms with van der Waals surface area (Å²) in [6.45, 7) is 7.15. The van der Waals surface area contributed by atoms with Crippen LogP contribution in [0.3, 0.4) is 0 Å². The van der Waals surface area contributed by atoms with Gasteiger partial charge in [-0.3, -0.25) is 9.59 Å². The van der Waals surface area contributed by atoms with Crippen molar-refractivity contribution in [3.8, 4) is 5.75 Å². The van der Waals surface area contributed by atoms with Crippen molar-refractivity contribution in [2.24, 2.45) is 0 Å². The van der Waals surface area contributed by atoms with E-state index < -0.39 is 17.9 Å². The number of aromatic nitrogens is 1. The van der Waals surface area contributed by atoms with Gasteiger partial charge in [0.1, 0.15) is 17.5 Å². The highest BCUT2D eigenvalue weighted by Gasteiger charge is 2.28. The third-order valence-electron chi connectivity index (χ3n) is 6.52. The number of esters is 1. The molecule has 0 radical (unpaired) electrons. The van der Waals surface area contributed by atoms with Crippen LogP contribution in [0, 0.1) is 0 Å². The second-order valence-corrected chi connectivity index (χ2v) is 10.7. The smallest absolute Gasteiger partial charge is 0.328 e. The van der Waals surface area contributed by atoms with Crippen LogP contribution in [0.5, 0.6) is 5.75 Å². The monoisotopic (exact) mass is 549 g/mol. The number of thiazole rings is 1. The molecule has 1 fully saturated rings. The summed E-state index contributed by atoms with van der Waals surface area (Å²) in [6.07, 6.45) is 1.96. The summed E-state index contributed by atoms with van der Waals surface area (Å²) in [7, 11) is 0. The molecule has 1 aromatic heterocycles. The van der Waals surface area contributed by atoms with E-state index in [2.05, 4.69) is 10.3 Å². The van der Waals surface area contributed by atoms with E-state index in [1.807, 2.05) is 61.2 Å². The van der Waals surface area contributed by atoms with Gasteiger partial charge >= 0.3 is 5.97 Å². The maximum atomic E-state index is 13.0. The number of hydrogen-bond donors (Lipinski definition) is 1. The highest BCUT2D eigenvalue weighted by molar-refractivity contribution is 7.09. The van der Waals surface area contributed by atoms with Crippen LogP contribution in [-0.2, 0) is 16.0 Å². The lowest BCUT2D eigenvalue weighted by Gasteiger charge is -2.31. The van der Waals surface area contributed by atoms with Crippen molar-refractivity contribution in [1.82, 2.24) is 15.2 Å². The number of piperidine rings is 1. The SMILES string of the molecule is CCOC(=O)C(Cc1ccccc1)NC(=O)c1csc(C2CCN(C(=O)c3ccc(OC(C)C)cc3)CC2)n1. The van der Waals surface area contributed by atoms with E-state index in [9.17, 15) is 14.4 Å². The summed E-state index contributed by atoms with van der Waals surface area (Å²) < 4.78 is 10.9. The average Bonchev–Trinajstić information content (AvgIpc) is 3.44. The molecular formula is C30H35N3O5S. The Morgan fingerprint density at radius 1 is 1.05 bits per heavy atom. The van der Waals surface area contributed by atoms with Gasteiger partial charge in [0.2, 0.25) is 0 Å². The first kappa shape index (κ1) is 28.3. The normalized spacial score (nSPS) is 14.6. The minimum atomic E-state index is -0.801. The van der Waals surface area contributed by atoms with Crippen molar-refractivity contribution in [2.75, 3.05) is 19.7 Å². The van der Waals surface area contributed by atoms with Gasteiger partial charge < -0.3 is 19.7 Å². The predicted octanol–water partition coefficient (Wildman–Crippen LogP) is 4.85. The van der Waals surface area contributed by atoms with E-state index in [4.69, 9.17) is 9.47 Å². The number of carbonyl (C=O) groups excluding carboxylic acids is 3. The summed E-state index contributed by atoms with van der Waals surface area (Å²) in [4.78, 5) is 45.0. The highest BCUT2D eigenvalue weighted by Crippen LogP contribution is 2.31. The van der Waals surface area contributed by atoms with Gasteiger partial charge in [0, 0.05) is 36.4 Å². The molecule has 1 unspecified atom stereocenters. The first-order valence-electron chi connectivity index (χ1n) is 13.4. The van der Waals surface area contributed by atoms with Crippen molar-refractivity contribution in [2.45, 2.75) is 58.1 Å². The Labute approximate surface area is 233 Å². The summed E-state index contributed by atoms with van der Waals surface area (Å²) in [5.74, 6) is 0.0607. The van der Waals surface area contributed by atoms with Crippen molar-refractivity contribution < 1.29 is 23.9 Å². The lowest BCUT2D eigenvalue weighted by atomic mass is 9.97. The number of amides is 2. The maximum absolute atomic E-state index is 13.0. The fourth-order valence-corrected chi connectivity index (χ4v) is 5.53. The van der Waals surface area contributed by atoms with Crippen LogP contribution in [0.15, 0.2) is 60.0 Å². The Balaban J connectivity index is 1.33. The molecule has 3 aromatic rings. The molecule has 0 aliphatic carbocycles. The van der Waals surface area contributed by atoms with Gasteiger partial charge in [-0.05, 0) is 63.4 Å². The van der Waals surface area contributed by atoms with Gasteiger partial charge in [-0.15, -0.1) is 11.3 Å². The second kappa shape index (κ2) is 13.4. The lowest BCUT2D eigenvalue weighted by Crippen LogP contribution is -2.43. The van der Waals surface area contributed by atoms with E-state index >= 15 is 0 Å². The molecule has 1 aliphatic rings. The largest absolute Gasteiger partial charge is 0.491 e. The van der Waals surface area contributed by atoms with E-state index in [0.29, 0.717) is 30.8 Å². The van der Waals surface area contributed by atoms with Crippen LogP contribution in [0.1, 0.15) is 70.9 Å². The van der Waals surface area contributed by atoms with Crippen molar-refractivity contribution >= 4 is 29.1 Å². The zero-order valence-corrected chi connectivity index (χ0v) is 23.4. The van der Waals surface area contributed by atoms with E-state index in [0.717, 1.165) is 29.2 Å². The van der Waals surface area contributed by atoms with E-state index in [1.165, 1.54) is 11.3 Å². The van der Waals surface area contributed by atoms with Crippen LogP contribution in [0.2, 0.25) is 0 Å². The van der Waals surface area contributed by atoms with Crippen molar-refractivity contribution in [1.29, 1.82) is 0 Å². The molecule has 2 heterocycles. The fourth-order valence-electron chi connectivity index (χ4n) is 4.56. The summed E-state index contributed by atoms with van der Waals surface area (Å²) >= 11 is 1.44. The van der Waals surface area contributed by atoms with E-state index in [1.54, 1.807) is 24.4 Å². The Kier molecular flexibility index (Phi) is 9.70. The first-order chi connectivity index (χ1) is 18.8. The van der Waals surface area contributed by atoms with Crippen molar-refractivity contribution in [3.63, 3.8) is 0 Å². The first-order valence-corrected chi connectivity index (χ1v) is 14.2. The van der Waals surface area contributed by atoms with Crippen molar-refractivity contribution in [3.05, 3.63) is 81.8 Å². The molecule has 1 aliphatic heterocycles. The number of benzene rings is 2. The van der Waals surface area contributed by atoms with Crippen LogP contribution in [0.25, 0.3) is 0 Å². The Morgan fingerprint density at radius 3 is 2.38 bits per heavy atom. The molecule has 0 spiro atoms. The molecule has 1 N–H and O–H groups in total. The summed E-state index contributed by atoms with van der Waals surface area (Å²) in [5.41, 5.74) is 1.86. The lowest BCUT2D eigenvalue weighted by molar-refractivity contribution is -0.145. The average molecular weight is 550 g/mol. The summed E-state index contributed by atoms with van der Waals surface area (Å²) in [6, 6.07) is 16.0. The zero-order chi connectivity index (χ0) is 27.8. The van der Waals surface area contributed by atoms with Gasteiger partial charge in [-0.2, -0.15) is 0 Å². The third kappa shape index (κ3) is 7.66. The van der Waals surface area contributed by atoms with Crippen LogP contribution in [-0.4, -0.2) is 59.5 Å². The number of ether oxygens (including phenoxy) is 2. The maximum Gasteiger partial charge on any atom is 0.328 e. The second-order valence-electron chi connectivity index (χ2n) is 9.80. The van der Waals surface area contributed by atoms with Gasteiger partial charge in [0.15, 0.2) is 0 Å². The fraction of sp³-hybridized carbons (Fsp3) is 0.400.